The van der Waals surface area contributed by atoms with Crippen LogP contribution < -0.4 is 4.90 Å². The molecule has 3 rings (SSSR count). The van der Waals surface area contributed by atoms with E-state index >= 15 is 0 Å². The van der Waals surface area contributed by atoms with Gasteiger partial charge in [-0.05, 0) is 23.8 Å². The molecule has 1 atom stereocenters. The van der Waals surface area contributed by atoms with Crippen LogP contribution in [0.3, 0.4) is 0 Å². The van der Waals surface area contributed by atoms with Gasteiger partial charge in [0, 0.05) is 19.3 Å². The van der Waals surface area contributed by atoms with E-state index < -0.39 is 0 Å². The predicted octanol–water partition coefficient (Wildman–Crippen LogP) is 2.83. The number of hydrogen-bond donors (Lipinski definition) is 1. The smallest absolute Gasteiger partial charge is 0.142 e. The number of nitrogens with one attached hydrogen (secondary N) is 1. The van der Waals surface area contributed by atoms with Gasteiger partial charge in [0.1, 0.15) is 17.8 Å². The van der Waals surface area contributed by atoms with E-state index in [0.717, 1.165) is 35.9 Å². The average molecular weight is 244 g/mol. The first-order valence-corrected chi connectivity index (χ1v) is 6.61. The first-order valence-electron chi connectivity index (χ1n) is 6.61. The second kappa shape index (κ2) is 3.97. The van der Waals surface area contributed by atoms with Gasteiger partial charge in [0.05, 0.1) is 5.39 Å². The Morgan fingerprint density at radius 1 is 1.39 bits per heavy atom. The molecule has 4 heteroatoms. The summed E-state index contributed by atoms with van der Waals surface area (Å²) in [6.45, 7) is 9.19. The van der Waals surface area contributed by atoms with E-state index in [4.69, 9.17) is 0 Å². The molecule has 0 aromatic carbocycles. The van der Waals surface area contributed by atoms with Gasteiger partial charge < -0.3 is 9.88 Å². The molecule has 18 heavy (non-hydrogen) atoms. The fourth-order valence-corrected chi connectivity index (χ4v) is 2.76. The maximum absolute atomic E-state index is 4.49. The summed E-state index contributed by atoms with van der Waals surface area (Å²) in [5.74, 6) is 1.83. The lowest BCUT2D eigenvalue weighted by molar-refractivity contribution is 0.193. The standard InChI is InChI=1S/C14H20N4/c1-10-5-7-18(8-14(10,2)3)13-11-4-6-15-12(11)16-9-17-13/h4,6,9-10H,5,7-8H2,1-3H3,(H,15,16,17). The molecule has 96 valence electrons. The summed E-state index contributed by atoms with van der Waals surface area (Å²) in [7, 11) is 0. The van der Waals surface area contributed by atoms with Crippen LogP contribution in [0, 0.1) is 11.3 Å². The Bertz CT molecular complexity index is 558. The zero-order valence-electron chi connectivity index (χ0n) is 11.3. The van der Waals surface area contributed by atoms with Crippen LogP contribution >= 0.6 is 0 Å². The number of H-pyrrole nitrogens is 1. The van der Waals surface area contributed by atoms with E-state index in [1.807, 2.05) is 6.20 Å². The Morgan fingerprint density at radius 2 is 2.22 bits per heavy atom. The minimum Gasteiger partial charge on any atom is -0.355 e. The Kier molecular flexibility index (Phi) is 2.54. The summed E-state index contributed by atoms with van der Waals surface area (Å²) in [4.78, 5) is 14.3. The van der Waals surface area contributed by atoms with E-state index in [1.165, 1.54) is 6.42 Å². The first kappa shape index (κ1) is 11.5. The van der Waals surface area contributed by atoms with Gasteiger partial charge in [-0.3, -0.25) is 0 Å². The van der Waals surface area contributed by atoms with Gasteiger partial charge in [-0.15, -0.1) is 0 Å². The third kappa shape index (κ3) is 1.76. The molecule has 0 aliphatic carbocycles. The minimum atomic E-state index is 0.339. The molecular formula is C14H20N4. The van der Waals surface area contributed by atoms with E-state index in [9.17, 15) is 0 Å². The number of fused-ring (bicyclic) bond motifs is 1. The highest BCUT2D eigenvalue weighted by Crippen LogP contribution is 2.37. The van der Waals surface area contributed by atoms with Crippen molar-refractivity contribution in [2.45, 2.75) is 27.2 Å². The Balaban J connectivity index is 1.98. The molecule has 1 aliphatic rings. The van der Waals surface area contributed by atoms with Crippen LogP contribution in [0.4, 0.5) is 5.82 Å². The number of aromatic nitrogens is 3. The van der Waals surface area contributed by atoms with Crippen LogP contribution in [0.25, 0.3) is 11.0 Å². The van der Waals surface area contributed by atoms with Crippen LogP contribution in [-0.4, -0.2) is 28.0 Å². The largest absolute Gasteiger partial charge is 0.355 e. The Hall–Kier alpha value is -1.58. The van der Waals surface area contributed by atoms with Crippen LogP contribution in [0.2, 0.25) is 0 Å². The zero-order valence-corrected chi connectivity index (χ0v) is 11.3. The van der Waals surface area contributed by atoms with Crippen molar-refractivity contribution in [3.8, 4) is 0 Å². The van der Waals surface area contributed by atoms with Crippen LogP contribution in [-0.2, 0) is 0 Å². The van der Waals surface area contributed by atoms with Gasteiger partial charge >= 0.3 is 0 Å². The lowest BCUT2D eigenvalue weighted by Gasteiger charge is -2.43. The predicted molar refractivity (Wildman–Crippen MR) is 73.7 cm³/mol. The van der Waals surface area contributed by atoms with Crippen molar-refractivity contribution in [3.63, 3.8) is 0 Å². The number of anilines is 1. The molecule has 2 aromatic rings. The summed E-state index contributed by atoms with van der Waals surface area (Å²) in [5.41, 5.74) is 1.27. The van der Waals surface area contributed by atoms with Crippen molar-refractivity contribution in [1.29, 1.82) is 0 Å². The number of nitrogens with zero attached hydrogens (tertiary/aromatic N) is 3. The summed E-state index contributed by atoms with van der Waals surface area (Å²) in [5, 5.41) is 1.13. The van der Waals surface area contributed by atoms with Gasteiger partial charge in [-0.1, -0.05) is 20.8 Å². The van der Waals surface area contributed by atoms with Crippen LogP contribution in [0.1, 0.15) is 27.2 Å². The molecule has 3 heterocycles. The lowest BCUT2D eigenvalue weighted by atomic mass is 9.75. The van der Waals surface area contributed by atoms with Crippen molar-refractivity contribution >= 4 is 16.9 Å². The molecular weight excluding hydrogens is 224 g/mol. The molecule has 1 saturated heterocycles. The van der Waals surface area contributed by atoms with Crippen LogP contribution in [0.15, 0.2) is 18.6 Å². The molecule has 0 spiro atoms. The molecule has 1 fully saturated rings. The van der Waals surface area contributed by atoms with Gasteiger partial charge in [0.15, 0.2) is 0 Å². The van der Waals surface area contributed by atoms with Gasteiger partial charge in [0.2, 0.25) is 0 Å². The SMILES string of the molecule is CC1CCN(c2ncnc3[nH]ccc23)CC1(C)C. The minimum absolute atomic E-state index is 0.339. The number of rotatable bonds is 1. The quantitative estimate of drug-likeness (QED) is 0.839. The topological polar surface area (TPSA) is 44.8 Å². The highest BCUT2D eigenvalue weighted by atomic mass is 15.2. The molecule has 0 bridgehead atoms. The highest BCUT2D eigenvalue weighted by Gasteiger charge is 2.33. The van der Waals surface area contributed by atoms with Crippen molar-refractivity contribution in [1.82, 2.24) is 15.0 Å². The molecule has 1 aliphatic heterocycles. The molecule has 0 radical (unpaired) electrons. The summed E-state index contributed by atoms with van der Waals surface area (Å²) >= 11 is 0. The molecule has 1 unspecified atom stereocenters. The number of hydrogen-bond acceptors (Lipinski definition) is 3. The Labute approximate surface area is 107 Å². The number of piperidine rings is 1. The third-order valence-electron chi connectivity index (χ3n) is 4.40. The maximum Gasteiger partial charge on any atom is 0.142 e. The van der Waals surface area contributed by atoms with Gasteiger partial charge in [0.25, 0.3) is 0 Å². The van der Waals surface area contributed by atoms with E-state index in [1.54, 1.807) is 6.33 Å². The molecule has 4 nitrogen and oxygen atoms in total. The molecule has 2 aromatic heterocycles. The van der Waals surface area contributed by atoms with E-state index in [-0.39, 0.29) is 0 Å². The first-order chi connectivity index (χ1) is 8.58. The van der Waals surface area contributed by atoms with Crippen molar-refractivity contribution < 1.29 is 0 Å². The average Bonchev–Trinajstić information content (AvgIpc) is 2.80. The molecule has 1 N–H and O–H groups in total. The second-order valence-corrected chi connectivity index (χ2v) is 6.04. The second-order valence-electron chi connectivity index (χ2n) is 6.04. The molecule has 0 saturated carbocycles. The maximum atomic E-state index is 4.49. The van der Waals surface area contributed by atoms with Gasteiger partial charge in [-0.2, -0.15) is 0 Å². The summed E-state index contributed by atoms with van der Waals surface area (Å²) in [6.07, 6.45) is 4.81. The third-order valence-corrected chi connectivity index (χ3v) is 4.40. The fraction of sp³-hybridized carbons (Fsp3) is 0.571. The summed E-state index contributed by atoms with van der Waals surface area (Å²) in [6, 6.07) is 2.07. The van der Waals surface area contributed by atoms with Gasteiger partial charge in [-0.25, -0.2) is 9.97 Å². The number of aromatic amines is 1. The lowest BCUT2D eigenvalue weighted by Crippen LogP contribution is -2.45. The van der Waals surface area contributed by atoms with E-state index in [0.29, 0.717) is 5.41 Å². The van der Waals surface area contributed by atoms with Crippen molar-refractivity contribution in [2.75, 3.05) is 18.0 Å². The zero-order chi connectivity index (χ0) is 12.8. The van der Waals surface area contributed by atoms with E-state index in [2.05, 4.69) is 46.7 Å². The fourth-order valence-electron chi connectivity index (χ4n) is 2.76. The monoisotopic (exact) mass is 244 g/mol. The Morgan fingerprint density at radius 3 is 3.00 bits per heavy atom. The van der Waals surface area contributed by atoms with Crippen molar-refractivity contribution in [2.24, 2.45) is 11.3 Å². The van der Waals surface area contributed by atoms with Crippen LogP contribution in [0.5, 0.6) is 0 Å². The summed E-state index contributed by atoms with van der Waals surface area (Å²) < 4.78 is 0. The molecule has 0 amide bonds. The normalized spacial score (nSPS) is 23.5. The van der Waals surface area contributed by atoms with Crippen molar-refractivity contribution in [3.05, 3.63) is 18.6 Å². The highest BCUT2D eigenvalue weighted by molar-refractivity contribution is 5.87.